The van der Waals surface area contributed by atoms with E-state index >= 15 is 0 Å². The fourth-order valence-corrected chi connectivity index (χ4v) is 3.72. The molecule has 0 aliphatic carbocycles. The summed E-state index contributed by atoms with van der Waals surface area (Å²) in [7, 11) is 0. The number of alkyl halides is 6. The Morgan fingerprint density at radius 2 is 1.58 bits per heavy atom. The molecule has 0 bridgehead atoms. The molecule has 1 fully saturated rings. The van der Waals surface area contributed by atoms with Crippen LogP contribution in [0.3, 0.4) is 0 Å². The van der Waals surface area contributed by atoms with Gasteiger partial charge in [0.05, 0.1) is 6.04 Å². The third-order valence-electron chi connectivity index (χ3n) is 5.52. The Hall–Kier alpha value is -1.91. The number of likely N-dealkylation sites (tertiary alicyclic amines) is 1. The molecule has 2 atom stereocenters. The SMILES string of the molecule is O=C(NC(CF)C(O)c1ccc(-c2ccc(CN3CC(O)(C(F)(F)F)C3)cc2)cc1)C(Cl)Cl. The monoisotopic (exact) mass is 508 g/mol. The summed E-state index contributed by atoms with van der Waals surface area (Å²) in [6, 6.07) is 12.6. The first-order valence-corrected chi connectivity index (χ1v) is 10.8. The van der Waals surface area contributed by atoms with Crippen molar-refractivity contribution in [1.82, 2.24) is 10.2 Å². The Balaban J connectivity index is 1.60. The predicted octanol–water partition coefficient (Wildman–Crippen LogP) is 3.75. The number of nitrogens with zero attached hydrogens (tertiary/aromatic N) is 1. The molecule has 1 aliphatic rings. The lowest BCUT2D eigenvalue weighted by molar-refractivity contribution is -0.302. The molecule has 0 saturated carbocycles. The molecule has 2 unspecified atom stereocenters. The Kier molecular flexibility index (Phi) is 7.91. The van der Waals surface area contributed by atoms with Crippen LogP contribution in [-0.2, 0) is 11.3 Å². The van der Waals surface area contributed by atoms with Crippen molar-refractivity contribution in [2.45, 2.75) is 35.3 Å². The van der Waals surface area contributed by atoms with Crippen molar-refractivity contribution in [3.8, 4) is 11.1 Å². The number of β-amino-alcohol motifs (C(OH)–C–C–N with tert-alkyl or cyclic N) is 1. The standard InChI is InChI=1S/C22H22Cl2F4N2O3/c23-19(24)20(32)29-17(9-25)18(31)16-7-5-15(6-8-16)14-3-1-13(2-4-14)10-30-11-21(33,12-30)22(26,27)28/h1-8,17-19,31,33H,9-12H2,(H,29,32). The maximum atomic E-state index is 13.3. The maximum Gasteiger partial charge on any atom is 0.419 e. The largest absolute Gasteiger partial charge is 0.419 e. The summed E-state index contributed by atoms with van der Waals surface area (Å²) < 4.78 is 51.5. The van der Waals surface area contributed by atoms with Gasteiger partial charge in [0, 0.05) is 19.6 Å². The van der Waals surface area contributed by atoms with E-state index in [1.165, 1.54) is 4.90 Å². The minimum Gasteiger partial charge on any atom is -0.386 e. The highest BCUT2D eigenvalue weighted by atomic mass is 35.5. The number of aliphatic hydroxyl groups excluding tert-OH is 1. The van der Waals surface area contributed by atoms with Crippen LogP contribution < -0.4 is 5.32 Å². The molecule has 180 valence electrons. The van der Waals surface area contributed by atoms with Crippen LogP contribution in [0.5, 0.6) is 0 Å². The number of nitrogens with one attached hydrogen (secondary N) is 1. The van der Waals surface area contributed by atoms with Gasteiger partial charge in [-0.15, -0.1) is 0 Å². The van der Waals surface area contributed by atoms with Crippen LogP contribution >= 0.6 is 23.2 Å². The van der Waals surface area contributed by atoms with Crippen LogP contribution in [0, 0.1) is 0 Å². The number of rotatable bonds is 8. The highest BCUT2D eigenvalue weighted by Crippen LogP contribution is 2.38. The molecule has 0 spiro atoms. The van der Waals surface area contributed by atoms with Crippen molar-refractivity contribution in [3.63, 3.8) is 0 Å². The molecular formula is C22H22Cl2F4N2O3. The van der Waals surface area contributed by atoms with Crippen LogP contribution in [0.2, 0.25) is 0 Å². The van der Waals surface area contributed by atoms with Gasteiger partial charge < -0.3 is 15.5 Å². The van der Waals surface area contributed by atoms with E-state index in [2.05, 4.69) is 5.32 Å². The molecule has 11 heteroatoms. The van der Waals surface area contributed by atoms with Gasteiger partial charge in [-0.05, 0) is 22.3 Å². The second-order valence-corrected chi connectivity index (χ2v) is 9.10. The average Bonchev–Trinajstić information content (AvgIpc) is 2.75. The number of halogens is 6. The van der Waals surface area contributed by atoms with Gasteiger partial charge in [0.25, 0.3) is 5.91 Å². The summed E-state index contributed by atoms with van der Waals surface area (Å²) in [4.78, 5) is 11.7. The zero-order valence-corrected chi connectivity index (χ0v) is 18.7. The number of aliphatic hydroxyl groups is 2. The number of carbonyl (C=O) groups is 1. The lowest BCUT2D eigenvalue weighted by Gasteiger charge is -2.47. The van der Waals surface area contributed by atoms with E-state index < -0.39 is 54.4 Å². The van der Waals surface area contributed by atoms with Gasteiger partial charge in [0.2, 0.25) is 0 Å². The number of hydrogen-bond donors (Lipinski definition) is 3. The Morgan fingerprint density at radius 1 is 1.06 bits per heavy atom. The Morgan fingerprint density at radius 3 is 2.03 bits per heavy atom. The van der Waals surface area contributed by atoms with Gasteiger partial charge in [-0.25, -0.2) is 4.39 Å². The number of carbonyl (C=O) groups excluding carboxylic acids is 1. The smallest absolute Gasteiger partial charge is 0.386 e. The molecule has 1 saturated heterocycles. The maximum absolute atomic E-state index is 13.3. The highest BCUT2D eigenvalue weighted by molar-refractivity contribution is 6.53. The molecular weight excluding hydrogens is 487 g/mol. The molecule has 0 radical (unpaired) electrons. The fourth-order valence-electron chi connectivity index (χ4n) is 3.60. The highest BCUT2D eigenvalue weighted by Gasteiger charge is 2.60. The first kappa shape index (κ1) is 25.7. The lowest BCUT2D eigenvalue weighted by atomic mass is 9.92. The molecule has 33 heavy (non-hydrogen) atoms. The van der Waals surface area contributed by atoms with Crippen molar-refractivity contribution in [2.24, 2.45) is 0 Å². The first-order chi connectivity index (χ1) is 15.4. The third-order valence-corrected chi connectivity index (χ3v) is 5.91. The summed E-state index contributed by atoms with van der Waals surface area (Å²) in [5.41, 5.74) is 0.175. The van der Waals surface area contributed by atoms with Crippen molar-refractivity contribution in [1.29, 1.82) is 0 Å². The lowest BCUT2D eigenvalue weighted by Crippen LogP contribution is -2.68. The van der Waals surface area contributed by atoms with Crippen LogP contribution in [0.4, 0.5) is 17.6 Å². The Bertz CT molecular complexity index is 950. The number of benzene rings is 2. The molecule has 3 N–H and O–H groups in total. The van der Waals surface area contributed by atoms with Crippen molar-refractivity contribution in [3.05, 3.63) is 59.7 Å². The van der Waals surface area contributed by atoms with Gasteiger partial charge >= 0.3 is 6.18 Å². The van der Waals surface area contributed by atoms with E-state index in [0.29, 0.717) is 5.56 Å². The van der Waals surface area contributed by atoms with Gasteiger partial charge in [-0.2, -0.15) is 13.2 Å². The van der Waals surface area contributed by atoms with Crippen molar-refractivity contribution in [2.75, 3.05) is 19.8 Å². The topological polar surface area (TPSA) is 72.8 Å². The zero-order valence-electron chi connectivity index (χ0n) is 17.2. The van der Waals surface area contributed by atoms with Crippen LogP contribution in [0.25, 0.3) is 11.1 Å². The third kappa shape index (κ3) is 5.96. The molecule has 2 aromatic carbocycles. The summed E-state index contributed by atoms with van der Waals surface area (Å²) >= 11 is 10.9. The second-order valence-electron chi connectivity index (χ2n) is 8.01. The van der Waals surface area contributed by atoms with Gasteiger partial charge in [0.1, 0.15) is 12.8 Å². The first-order valence-electron chi connectivity index (χ1n) is 9.97. The van der Waals surface area contributed by atoms with Crippen molar-refractivity contribution >= 4 is 29.1 Å². The minimum atomic E-state index is -4.64. The summed E-state index contributed by atoms with van der Waals surface area (Å²) in [5.74, 6) is -0.807. The van der Waals surface area contributed by atoms with E-state index in [4.69, 9.17) is 23.2 Å². The molecule has 0 aromatic heterocycles. The molecule has 5 nitrogen and oxygen atoms in total. The van der Waals surface area contributed by atoms with E-state index in [9.17, 15) is 32.6 Å². The second kappa shape index (κ2) is 10.1. The molecule has 1 aliphatic heterocycles. The number of amides is 1. The van der Waals surface area contributed by atoms with Gasteiger partial charge in [-0.1, -0.05) is 71.7 Å². The summed E-state index contributed by atoms with van der Waals surface area (Å²) in [6.45, 7) is -1.66. The Labute approximate surface area is 197 Å². The van der Waals surface area contributed by atoms with E-state index in [0.717, 1.165) is 16.7 Å². The van der Waals surface area contributed by atoms with Crippen molar-refractivity contribution < 1.29 is 32.6 Å². The average molecular weight is 509 g/mol. The van der Waals surface area contributed by atoms with Crippen LogP contribution in [-0.4, -0.2) is 63.4 Å². The van der Waals surface area contributed by atoms with Crippen LogP contribution in [0.15, 0.2) is 48.5 Å². The summed E-state index contributed by atoms with van der Waals surface area (Å²) in [5, 5.41) is 22.1. The zero-order chi connectivity index (χ0) is 24.4. The quantitative estimate of drug-likeness (QED) is 0.375. The van der Waals surface area contributed by atoms with Crippen LogP contribution in [0.1, 0.15) is 17.2 Å². The molecule has 1 heterocycles. The van der Waals surface area contributed by atoms with Gasteiger partial charge in [0.15, 0.2) is 10.4 Å². The number of hydrogen-bond acceptors (Lipinski definition) is 4. The predicted molar refractivity (Wildman–Crippen MR) is 117 cm³/mol. The minimum absolute atomic E-state index is 0.283. The van der Waals surface area contributed by atoms with E-state index in [1.54, 1.807) is 36.4 Å². The molecule has 3 rings (SSSR count). The van der Waals surface area contributed by atoms with E-state index in [1.807, 2.05) is 12.1 Å². The summed E-state index contributed by atoms with van der Waals surface area (Å²) in [6.07, 6.45) is -5.95. The fraction of sp³-hybridized carbons (Fsp3) is 0.409. The normalized spacial score (nSPS) is 18.0. The van der Waals surface area contributed by atoms with Gasteiger partial charge in [-0.3, -0.25) is 9.69 Å². The van der Waals surface area contributed by atoms with E-state index in [-0.39, 0.29) is 6.54 Å². The molecule has 1 amide bonds. The molecule has 2 aromatic rings.